The highest BCUT2D eigenvalue weighted by molar-refractivity contribution is 7.99. The molecule has 82 valence electrons. The molecule has 1 saturated carbocycles. The van der Waals surface area contributed by atoms with Crippen LogP contribution in [0.25, 0.3) is 0 Å². The van der Waals surface area contributed by atoms with E-state index in [4.69, 9.17) is 0 Å². The minimum absolute atomic E-state index is 0.233. The molecular weight excluding hydrogens is 192 g/mol. The van der Waals surface area contributed by atoms with Crippen LogP contribution in [-0.4, -0.2) is 22.2 Å². The average molecular weight is 214 g/mol. The highest BCUT2D eigenvalue weighted by Gasteiger charge is 2.52. The summed E-state index contributed by atoms with van der Waals surface area (Å²) in [5.41, 5.74) is -0.233. The lowest BCUT2D eigenvalue weighted by Crippen LogP contribution is -2.20. The third kappa shape index (κ3) is 2.46. The second kappa shape index (κ2) is 4.44. The lowest BCUT2D eigenvalue weighted by Gasteiger charge is -2.24. The van der Waals surface area contributed by atoms with Crippen molar-refractivity contribution in [3.8, 4) is 0 Å². The number of hydrogen-bond acceptors (Lipinski definition) is 2. The Bertz CT molecular complexity index is 189. The predicted octanol–water partition coefficient (Wildman–Crippen LogP) is 3.07. The van der Waals surface area contributed by atoms with Gasteiger partial charge in [-0.3, -0.25) is 0 Å². The van der Waals surface area contributed by atoms with E-state index in [2.05, 4.69) is 18.7 Å². The first-order valence-corrected chi connectivity index (χ1v) is 7.20. The van der Waals surface area contributed by atoms with E-state index < -0.39 is 0 Å². The standard InChI is InChI=1S/C12H22OS/c1-2-3-11-9-12(11,13)8-10-4-6-14-7-5-10/h10-11,13H,2-9H2,1H3. The van der Waals surface area contributed by atoms with Crippen LogP contribution in [0.5, 0.6) is 0 Å². The second-order valence-electron chi connectivity index (χ2n) is 5.05. The van der Waals surface area contributed by atoms with Gasteiger partial charge in [0.2, 0.25) is 0 Å². The molecule has 2 unspecified atom stereocenters. The van der Waals surface area contributed by atoms with E-state index in [1.54, 1.807) is 0 Å². The van der Waals surface area contributed by atoms with Crippen molar-refractivity contribution in [1.82, 2.24) is 0 Å². The molecule has 1 aliphatic carbocycles. The maximum absolute atomic E-state index is 10.3. The molecule has 2 atom stereocenters. The molecule has 14 heavy (non-hydrogen) atoms. The maximum Gasteiger partial charge on any atom is 0.0683 e. The molecule has 2 rings (SSSR count). The van der Waals surface area contributed by atoms with Gasteiger partial charge in [0.25, 0.3) is 0 Å². The van der Waals surface area contributed by atoms with E-state index in [-0.39, 0.29) is 5.60 Å². The second-order valence-corrected chi connectivity index (χ2v) is 6.28. The van der Waals surface area contributed by atoms with Crippen molar-refractivity contribution in [2.24, 2.45) is 11.8 Å². The molecule has 0 bridgehead atoms. The van der Waals surface area contributed by atoms with Crippen LogP contribution in [0.1, 0.15) is 45.4 Å². The molecule has 0 aromatic heterocycles. The number of rotatable bonds is 4. The van der Waals surface area contributed by atoms with E-state index in [9.17, 15) is 5.11 Å². The molecule has 1 saturated heterocycles. The minimum atomic E-state index is -0.233. The van der Waals surface area contributed by atoms with E-state index in [0.717, 1.165) is 18.8 Å². The molecule has 0 amide bonds. The summed E-state index contributed by atoms with van der Waals surface area (Å²) in [4.78, 5) is 0. The van der Waals surface area contributed by atoms with Gasteiger partial charge in [-0.05, 0) is 55.4 Å². The SMILES string of the molecule is CCCC1CC1(O)CC1CCSCC1. The van der Waals surface area contributed by atoms with Crippen LogP contribution in [0, 0.1) is 11.8 Å². The van der Waals surface area contributed by atoms with E-state index in [1.165, 1.54) is 37.2 Å². The summed E-state index contributed by atoms with van der Waals surface area (Å²) in [7, 11) is 0. The van der Waals surface area contributed by atoms with Gasteiger partial charge in [-0.1, -0.05) is 13.3 Å². The fraction of sp³-hybridized carbons (Fsp3) is 1.00. The van der Waals surface area contributed by atoms with Gasteiger partial charge in [0, 0.05) is 0 Å². The Morgan fingerprint density at radius 3 is 2.71 bits per heavy atom. The lowest BCUT2D eigenvalue weighted by molar-refractivity contribution is 0.0963. The Morgan fingerprint density at radius 1 is 1.36 bits per heavy atom. The molecule has 2 heteroatoms. The molecule has 2 fully saturated rings. The average Bonchev–Trinajstić information content (AvgIpc) is 2.78. The van der Waals surface area contributed by atoms with Crippen LogP contribution in [0.3, 0.4) is 0 Å². The van der Waals surface area contributed by atoms with E-state index in [0.29, 0.717) is 5.92 Å². The molecule has 0 aromatic rings. The summed E-state index contributed by atoms with van der Waals surface area (Å²) in [5.74, 6) is 4.10. The molecular formula is C12H22OS. The van der Waals surface area contributed by atoms with Gasteiger partial charge < -0.3 is 5.11 Å². The fourth-order valence-electron chi connectivity index (χ4n) is 2.79. The smallest absolute Gasteiger partial charge is 0.0683 e. The Hall–Kier alpha value is 0.310. The molecule has 1 heterocycles. The first-order chi connectivity index (χ1) is 6.74. The van der Waals surface area contributed by atoms with Gasteiger partial charge in [-0.15, -0.1) is 0 Å². The summed E-state index contributed by atoms with van der Waals surface area (Å²) in [5, 5.41) is 10.3. The van der Waals surface area contributed by atoms with Gasteiger partial charge >= 0.3 is 0 Å². The quantitative estimate of drug-likeness (QED) is 0.776. The van der Waals surface area contributed by atoms with Crippen molar-refractivity contribution in [3.05, 3.63) is 0 Å². The Kier molecular flexibility index (Phi) is 3.43. The summed E-state index contributed by atoms with van der Waals surface area (Å²) in [6, 6.07) is 0. The van der Waals surface area contributed by atoms with Crippen molar-refractivity contribution in [2.75, 3.05) is 11.5 Å². The zero-order chi connectivity index (χ0) is 10.0. The molecule has 1 N–H and O–H groups in total. The normalized spacial score (nSPS) is 38.6. The summed E-state index contributed by atoms with van der Waals surface area (Å²) < 4.78 is 0. The van der Waals surface area contributed by atoms with Crippen LogP contribution >= 0.6 is 11.8 Å². The van der Waals surface area contributed by atoms with Crippen molar-refractivity contribution in [1.29, 1.82) is 0 Å². The van der Waals surface area contributed by atoms with Gasteiger partial charge in [0.15, 0.2) is 0 Å². The van der Waals surface area contributed by atoms with Gasteiger partial charge in [-0.25, -0.2) is 0 Å². The Morgan fingerprint density at radius 2 is 2.07 bits per heavy atom. The van der Waals surface area contributed by atoms with Gasteiger partial charge in [0.05, 0.1) is 5.60 Å². The first-order valence-electron chi connectivity index (χ1n) is 6.05. The highest BCUT2D eigenvalue weighted by Crippen LogP contribution is 2.51. The third-order valence-corrected chi connectivity index (χ3v) is 4.87. The summed E-state index contributed by atoms with van der Waals surface area (Å²) >= 11 is 2.07. The van der Waals surface area contributed by atoms with Gasteiger partial charge in [-0.2, -0.15) is 11.8 Å². The first kappa shape index (κ1) is 10.8. The summed E-state index contributed by atoms with van der Waals surface area (Å²) in [6.45, 7) is 2.22. The molecule has 0 aromatic carbocycles. The number of aliphatic hydroxyl groups is 1. The van der Waals surface area contributed by atoms with Crippen molar-refractivity contribution >= 4 is 11.8 Å². The van der Waals surface area contributed by atoms with E-state index in [1.807, 2.05) is 0 Å². The van der Waals surface area contributed by atoms with Crippen LogP contribution in [-0.2, 0) is 0 Å². The molecule has 0 spiro atoms. The van der Waals surface area contributed by atoms with Crippen LogP contribution in [0.4, 0.5) is 0 Å². The van der Waals surface area contributed by atoms with Crippen molar-refractivity contribution in [3.63, 3.8) is 0 Å². The third-order valence-electron chi connectivity index (χ3n) is 3.82. The van der Waals surface area contributed by atoms with Crippen molar-refractivity contribution < 1.29 is 5.11 Å². The number of thioether (sulfide) groups is 1. The largest absolute Gasteiger partial charge is 0.390 e. The van der Waals surface area contributed by atoms with Crippen LogP contribution < -0.4 is 0 Å². The van der Waals surface area contributed by atoms with Crippen LogP contribution in [0.15, 0.2) is 0 Å². The molecule has 1 nitrogen and oxygen atoms in total. The molecule has 2 aliphatic rings. The number of hydrogen-bond donors (Lipinski definition) is 1. The monoisotopic (exact) mass is 214 g/mol. The Labute approximate surface area is 91.7 Å². The maximum atomic E-state index is 10.3. The van der Waals surface area contributed by atoms with Crippen molar-refractivity contribution in [2.45, 2.75) is 51.0 Å². The topological polar surface area (TPSA) is 20.2 Å². The zero-order valence-electron chi connectivity index (χ0n) is 9.17. The van der Waals surface area contributed by atoms with Gasteiger partial charge in [0.1, 0.15) is 0 Å². The van der Waals surface area contributed by atoms with Crippen LogP contribution in [0.2, 0.25) is 0 Å². The fourth-order valence-corrected chi connectivity index (χ4v) is 3.99. The Balaban J connectivity index is 1.74. The zero-order valence-corrected chi connectivity index (χ0v) is 9.98. The highest BCUT2D eigenvalue weighted by atomic mass is 32.2. The van der Waals surface area contributed by atoms with E-state index >= 15 is 0 Å². The minimum Gasteiger partial charge on any atom is -0.390 e. The molecule has 1 aliphatic heterocycles. The lowest BCUT2D eigenvalue weighted by atomic mass is 9.93. The predicted molar refractivity (Wildman–Crippen MR) is 62.6 cm³/mol. The summed E-state index contributed by atoms with van der Waals surface area (Å²) in [6.07, 6.45) is 7.33. The molecule has 0 radical (unpaired) electrons.